The molecule has 0 aliphatic rings. The molecule has 4 rings (SSSR count). The zero-order valence-electron chi connectivity index (χ0n) is 19.4. The van der Waals surface area contributed by atoms with Crippen molar-refractivity contribution in [2.24, 2.45) is 12.0 Å². The summed E-state index contributed by atoms with van der Waals surface area (Å²) >= 11 is 1.25. The van der Waals surface area contributed by atoms with E-state index >= 15 is 0 Å². The molecule has 0 saturated heterocycles. The van der Waals surface area contributed by atoms with Crippen LogP contribution in [0.5, 0.6) is 0 Å². The van der Waals surface area contributed by atoms with Gasteiger partial charge in [0, 0.05) is 30.7 Å². The van der Waals surface area contributed by atoms with Crippen molar-refractivity contribution in [2.75, 3.05) is 12.5 Å². The fourth-order valence-corrected chi connectivity index (χ4v) is 5.66. The van der Waals surface area contributed by atoms with Gasteiger partial charge in [0.15, 0.2) is 19.7 Å². The lowest BCUT2D eigenvalue weighted by Gasteiger charge is -2.10. The third kappa shape index (κ3) is 5.30. The van der Waals surface area contributed by atoms with Crippen molar-refractivity contribution in [1.82, 2.24) is 9.78 Å². The Hall–Kier alpha value is -3.61. The number of carbonyl (C=O) groups is 1. The number of hydrogen-bond donors (Lipinski definition) is 1. The van der Waals surface area contributed by atoms with Crippen LogP contribution < -0.4 is 4.80 Å². The summed E-state index contributed by atoms with van der Waals surface area (Å²) in [6.45, 7) is 0. The first-order valence-electron chi connectivity index (χ1n) is 10.4. The maximum absolute atomic E-state index is 12.0. The van der Waals surface area contributed by atoms with E-state index in [1.54, 1.807) is 48.1 Å². The number of aryl methyl sites for hydroxylation is 1. The second-order valence-electron chi connectivity index (χ2n) is 8.02. The van der Waals surface area contributed by atoms with Crippen LogP contribution in [0.25, 0.3) is 21.7 Å². The van der Waals surface area contributed by atoms with Crippen LogP contribution in [0, 0.1) is 0 Å². The average molecular weight is 544 g/mol. The zero-order valence-corrected chi connectivity index (χ0v) is 21.9. The zero-order chi connectivity index (χ0) is 26.3. The Morgan fingerprint density at radius 1 is 0.861 bits per heavy atom. The first-order chi connectivity index (χ1) is 16.8. The molecule has 0 saturated carbocycles. The molecular formula is C24H21N3O6S3. The summed E-state index contributed by atoms with van der Waals surface area (Å²) < 4.78 is 48.7. The molecule has 0 aliphatic heterocycles. The molecular weight excluding hydrogens is 522 g/mol. The van der Waals surface area contributed by atoms with E-state index in [1.165, 1.54) is 41.7 Å². The number of rotatable bonds is 6. The van der Waals surface area contributed by atoms with Gasteiger partial charge in [0.05, 0.1) is 21.0 Å². The molecule has 9 nitrogen and oxygen atoms in total. The van der Waals surface area contributed by atoms with E-state index in [0.717, 1.165) is 12.5 Å². The largest absolute Gasteiger partial charge is 0.478 e. The van der Waals surface area contributed by atoms with Gasteiger partial charge in [-0.3, -0.25) is 0 Å². The summed E-state index contributed by atoms with van der Waals surface area (Å²) in [5.74, 6) is -1.14. The van der Waals surface area contributed by atoms with Crippen molar-refractivity contribution in [3.63, 3.8) is 0 Å². The van der Waals surface area contributed by atoms with Gasteiger partial charge in [0.1, 0.15) is 5.01 Å². The first kappa shape index (κ1) is 25.5. The van der Waals surface area contributed by atoms with Crippen LogP contribution in [-0.2, 0) is 26.7 Å². The van der Waals surface area contributed by atoms with Gasteiger partial charge in [-0.2, -0.15) is 5.10 Å². The highest BCUT2D eigenvalue weighted by molar-refractivity contribution is 7.91. The number of nitrogens with zero attached hydrogens (tertiary/aromatic N) is 3. The van der Waals surface area contributed by atoms with Crippen molar-refractivity contribution in [2.45, 2.75) is 9.79 Å². The Bertz CT molecular complexity index is 1750. The van der Waals surface area contributed by atoms with Gasteiger partial charge < -0.3 is 5.11 Å². The molecule has 1 N–H and O–H groups in total. The fraction of sp³-hybridized carbons (Fsp3) is 0.125. The molecule has 3 aromatic carbocycles. The fourth-order valence-electron chi connectivity index (χ4n) is 3.50. The van der Waals surface area contributed by atoms with Crippen LogP contribution in [0.3, 0.4) is 0 Å². The molecule has 0 unspecified atom stereocenters. The Balaban J connectivity index is 1.84. The minimum atomic E-state index is -3.41. The van der Waals surface area contributed by atoms with Gasteiger partial charge >= 0.3 is 5.97 Å². The number of hydrogen-bond acceptors (Lipinski definition) is 8. The van der Waals surface area contributed by atoms with Crippen molar-refractivity contribution in [3.8, 4) is 21.7 Å². The predicted molar refractivity (Wildman–Crippen MR) is 137 cm³/mol. The Kier molecular flexibility index (Phi) is 6.69. The van der Waals surface area contributed by atoms with E-state index in [1.807, 2.05) is 0 Å². The number of aromatic carboxylic acids is 1. The molecule has 0 fully saturated rings. The number of aromatic nitrogens is 2. The highest BCUT2D eigenvalue weighted by Gasteiger charge is 2.17. The summed E-state index contributed by atoms with van der Waals surface area (Å²) in [5, 5.41) is 14.9. The summed E-state index contributed by atoms with van der Waals surface area (Å²) in [6.07, 6.45) is 2.24. The summed E-state index contributed by atoms with van der Waals surface area (Å²) in [7, 11) is -5.03. The monoisotopic (exact) mass is 543 g/mol. The Morgan fingerprint density at radius 3 is 1.89 bits per heavy atom. The summed E-state index contributed by atoms with van der Waals surface area (Å²) in [5.41, 5.74) is 1.95. The van der Waals surface area contributed by atoms with Gasteiger partial charge in [-0.1, -0.05) is 41.7 Å². The van der Waals surface area contributed by atoms with Crippen LogP contribution in [0.2, 0.25) is 0 Å². The van der Waals surface area contributed by atoms with Crippen molar-refractivity contribution < 1.29 is 26.7 Å². The molecule has 0 bridgehead atoms. The van der Waals surface area contributed by atoms with E-state index < -0.39 is 25.6 Å². The van der Waals surface area contributed by atoms with E-state index in [2.05, 4.69) is 10.1 Å². The third-order valence-corrected chi connectivity index (χ3v) is 8.60. The Morgan fingerprint density at radius 2 is 1.39 bits per heavy atom. The van der Waals surface area contributed by atoms with Crippen molar-refractivity contribution in [1.29, 1.82) is 0 Å². The lowest BCUT2D eigenvalue weighted by Crippen LogP contribution is -2.11. The topological polar surface area (TPSA) is 136 Å². The number of benzene rings is 3. The number of sulfone groups is 2. The van der Waals surface area contributed by atoms with E-state index in [0.29, 0.717) is 32.2 Å². The van der Waals surface area contributed by atoms with Crippen LogP contribution >= 0.6 is 11.3 Å². The van der Waals surface area contributed by atoms with Crippen LogP contribution in [0.4, 0.5) is 5.69 Å². The molecule has 36 heavy (non-hydrogen) atoms. The molecule has 1 heterocycles. The van der Waals surface area contributed by atoms with E-state index in [-0.39, 0.29) is 15.4 Å². The second kappa shape index (κ2) is 9.45. The molecule has 0 aliphatic carbocycles. The summed E-state index contributed by atoms with van der Waals surface area (Å²) in [4.78, 5) is 17.5. The minimum Gasteiger partial charge on any atom is -0.478 e. The maximum atomic E-state index is 12.0. The minimum absolute atomic E-state index is 0.0205. The molecule has 4 aromatic rings. The molecule has 0 radical (unpaired) electrons. The summed E-state index contributed by atoms with van der Waals surface area (Å²) in [6, 6.07) is 17.0. The second-order valence-corrected chi connectivity index (χ2v) is 13.0. The van der Waals surface area contributed by atoms with Gasteiger partial charge in [0.25, 0.3) is 0 Å². The molecule has 186 valence electrons. The lowest BCUT2D eigenvalue weighted by atomic mass is 9.98. The van der Waals surface area contributed by atoms with E-state index in [9.17, 15) is 26.7 Å². The molecule has 0 atom stereocenters. The van der Waals surface area contributed by atoms with Crippen LogP contribution in [0.1, 0.15) is 10.4 Å². The standard InChI is InChI=1S/C24H21N3O6S3/c1-27-24(34-22(26-27)16-9-13-18(14-10-16)36(3,32)33)25-20-6-4-5-19(23(28)29)21(20)15-7-11-17(12-8-15)35(2,30)31/h4-14H,1-3H3,(H,28,29). The Labute approximate surface area is 211 Å². The molecule has 0 spiro atoms. The lowest BCUT2D eigenvalue weighted by molar-refractivity contribution is 0.0697. The third-order valence-electron chi connectivity index (χ3n) is 5.30. The SMILES string of the molecule is Cn1nc(-c2ccc(S(C)(=O)=O)cc2)sc1=Nc1cccc(C(=O)O)c1-c1ccc(S(C)(=O)=O)cc1. The highest BCUT2D eigenvalue weighted by Crippen LogP contribution is 2.34. The molecule has 1 aromatic heterocycles. The smallest absolute Gasteiger partial charge is 0.336 e. The number of carboxylic acids is 1. The molecule has 0 amide bonds. The normalized spacial score (nSPS) is 12.6. The highest BCUT2D eigenvalue weighted by atomic mass is 32.2. The van der Waals surface area contributed by atoms with E-state index in [4.69, 9.17) is 0 Å². The van der Waals surface area contributed by atoms with Gasteiger partial charge in [-0.25, -0.2) is 31.3 Å². The predicted octanol–water partition coefficient (Wildman–Crippen LogP) is 3.55. The quantitative estimate of drug-likeness (QED) is 0.393. The first-order valence-corrected chi connectivity index (χ1v) is 15.0. The van der Waals surface area contributed by atoms with Crippen LogP contribution in [-0.4, -0.2) is 50.2 Å². The number of carboxylic acid groups (broad SMARTS) is 1. The van der Waals surface area contributed by atoms with Gasteiger partial charge in [-0.15, -0.1) is 0 Å². The maximum Gasteiger partial charge on any atom is 0.336 e. The van der Waals surface area contributed by atoms with Crippen LogP contribution in [0.15, 0.2) is 81.5 Å². The van der Waals surface area contributed by atoms with Crippen molar-refractivity contribution >= 4 is 42.7 Å². The average Bonchev–Trinajstić information content (AvgIpc) is 3.18. The molecule has 12 heteroatoms. The van der Waals surface area contributed by atoms with Gasteiger partial charge in [-0.05, 0) is 42.0 Å². The van der Waals surface area contributed by atoms with Crippen molar-refractivity contribution in [3.05, 3.63) is 77.1 Å². The van der Waals surface area contributed by atoms with Gasteiger partial charge in [0.2, 0.25) is 4.80 Å².